The van der Waals surface area contributed by atoms with Crippen LogP contribution in [0.1, 0.15) is 120 Å². The van der Waals surface area contributed by atoms with Crippen molar-refractivity contribution in [3.63, 3.8) is 0 Å². The number of hydrogen-bond donors (Lipinski definition) is 1. The van der Waals surface area contributed by atoms with Gasteiger partial charge in [0.05, 0.1) is 18.8 Å². The fourth-order valence-electron chi connectivity index (χ4n) is 7.46. The number of benzene rings is 2. The fourth-order valence-corrected chi connectivity index (χ4v) is 7.46. The zero-order valence-electron chi connectivity index (χ0n) is 25.8. The van der Waals surface area contributed by atoms with Crippen LogP contribution in [0.15, 0.2) is 54.6 Å². The summed E-state index contributed by atoms with van der Waals surface area (Å²) in [4.78, 5) is 11.6. The minimum atomic E-state index is -0.512. The van der Waals surface area contributed by atoms with Crippen molar-refractivity contribution in [2.24, 2.45) is 17.8 Å². The smallest absolute Gasteiger partial charge is 0.335 e. The van der Waals surface area contributed by atoms with Gasteiger partial charge in [0, 0.05) is 0 Å². The van der Waals surface area contributed by atoms with Gasteiger partial charge < -0.3 is 9.84 Å². The summed E-state index contributed by atoms with van der Waals surface area (Å²) in [5, 5.41) is 8.96. The molecule has 41 heavy (non-hydrogen) atoms. The van der Waals surface area contributed by atoms with Crippen molar-refractivity contribution in [3.05, 3.63) is 71.3 Å². The number of unbranched alkanes of at least 4 members (excludes halogenated alkanes) is 2. The summed E-state index contributed by atoms with van der Waals surface area (Å²) in [7, 11) is 0. The van der Waals surface area contributed by atoms with Crippen molar-refractivity contribution >= 4 is 5.97 Å². The standard InChI is InChI=1S/C38H54O3/c1-4-6-7-9-29-11-15-32(16-12-29)33-19-21-34(22-20-33)36-23-24-37(31(5-2)26-36)35-17-13-30(14-18-35)10-8-25-41-38(40)28(3)27-39/h13-14,17-18,23-24,26,29,32-34,39H,3-12,15-16,19-22,25,27H2,1-2H3. The number of ether oxygens (including phenoxy) is 1. The second kappa shape index (κ2) is 16.3. The summed E-state index contributed by atoms with van der Waals surface area (Å²) in [6, 6.07) is 16.1. The van der Waals surface area contributed by atoms with E-state index in [0.717, 1.165) is 42.9 Å². The lowest BCUT2D eigenvalue weighted by Gasteiger charge is -2.38. The number of carbonyl (C=O) groups is 1. The average Bonchev–Trinajstić information content (AvgIpc) is 3.03. The van der Waals surface area contributed by atoms with E-state index in [4.69, 9.17) is 9.84 Å². The van der Waals surface area contributed by atoms with Gasteiger partial charge in [-0.3, -0.25) is 0 Å². The zero-order valence-corrected chi connectivity index (χ0v) is 25.8. The van der Waals surface area contributed by atoms with Crippen LogP contribution in [-0.2, 0) is 22.4 Å². The highest BCUT2D eigenvalue weighted by Gasteiger charge is 2.31. The molecule has 2 aromatic carbocycles. The van der Waals surface area contributed by atoms with E-state index in [9.17, 15) is 4.79 Å². The number of hydrogen-bond acceptors (Lipinski definition) is 3. The second-order valence-corrected chi connectivity index (χ2v) is 12.9. The SMILES string of the molecule is C=C(CO)C(=O)OCCCc1ccc(-c2ccc(C3CCC(C4CCC(CCCCC)CC4)CC3)cc2CC)cc1. The zero-order chi connectivity index (χ0) is 29.0. The minimum absolute atomic E-state index is 0.102. The van der Waals surface area contributed by atoms with Crippen LogP contribution in [-0.4, -0.2) is 24.3 Å². The first-order chi connectivity index (χ1) is 20.0. The molecule has 2 aromatic rings. The molecule has 0 bridgehead atoms. The van der Waals surface area contributed by atoms with Crippen LogP contribution in [0.4, 0.5) is 0 Å². The van der Waals surface area contributed by atoms with Gasteiger partial charge in [-0.15, -0.1) is 0 Å². The van der Waals surface area contributed by atoms with Gasteiger partial charge in [-0.1, -0.05) is 101 Å². The third-order valence-corrected chi connectivity index (χ3v) is 10.1. The number of rotatable bonds is 14. The van der Waals surface area contributed by atoms with Crippen LogP contribution in [0.3, 0.4) is 0 Å². The molecule has 3 heteroatoms. The summed E-state index contributed by atoms with van der Waals surface area (Å²) < 4.78 is 5.16. The molecule has 0 atom stereocenters. The number of aryl methyl sites for hydroxylation is 2. The van der Waals surface area contributed by atoms with Crippen LogP contribution in [0.5, 0.6) is 0 Å². The molecule has 0 spiro atoms. The molecular weight excluding hydrogens is 504 g/mol. The molecule has 4 rings (SSSR count). The van der Waals surface area contributed by atoms with Gasteiger partial charge in [0.15, 0.2) is 0 Å². The molecule has 1 N–H and O–H groups in total. The van der Waals surface area contributed by atoms with Crippen molar-refractivity contribution in [2.45, 2.75) is 116 Å². The second-order valence-electron chi connectivity index (χ2n) is 12.9. The van der Waals surface area contributed by atoms with Crippen molar-refractivity contribution in [1.82, 2.24) is 0 Å². The Hall–Kier alpha value is -2.39. The third-order valence-electron chi connectivity index (χ3n) is 10.1. The van der Waals surface area contributed by atoms with Crippen molar-refractivity contribution < 1.29 is 14.6 Å². The normalized spacial score (nSPS) is 22.8. The van der Waals surface area contributed by atoms with Crippen molar-refractivity contribution in [1.29, 1.82) is 0 Å². The monoisotopic (exact) mass is 558 g/mol. The highest BCUT2D eigenvalue weighted by molar-refractivity contribution is 5.87. The molecule has 0 aromatic heterocycles. The molecule has 224 valence electrons. The predicted molar refractivity (Wildman–Crippen MR) is 171 cm³/mol. The lowest BCUT2D eigenvalue weighted by molar-refractivity contribution is -0.139. The van der Waals surface area contributed by atoms with Crippen LogP contribution >= 0.6 is 0 Å². The van der Waals surface area contributed by atoms with E-state index in [1.54, 1.807) is 5.56 Å². The van der Waals surface area contributed by atoms with E-state index < -0.39 is 5.97 Å². The Morgan fingerprint density at radius 3 is 2.20 bits per heavy atom. The maximum atomic E-state index is 11.6. The Morgan fingerprint density at radius 2 is 1.56 bits per heavy atom. The highest BCUT2D eigenvalue weighted by Crippen LogP contribution is 2.45. The van der Waals surface area contributed by atoms with E-state index in [0.29, 0.717) is 6.61 Å². The first kappa shape index (κ1) is 31.5. The van der Waals surface area contributed by atoms with Gasteiger partial charge >= 0.3 is 5.97 Å². The van der Waals surface area contributed by atoms with Gasteiger partial charge in [-0.05, 0) is 109 Å². The Morgan fingerprint density at radius 1 is 0.878 bits per heavy atom. The molecule has 0 radical (unpaired) electrons. The highest BCUT2D eigenvalue weighted by atomic mass is 16.5. The molecule has 0 saturated heterocycles. The number of carbonyl (C=O) groups excluding carboxylic acids is 1. The molecule has 0 unspecified atom stereocenters. The number of aliphatic hydroxyl groups is 1. The van der Waals surface area contributed by atoms with Crippen molar-refractivity contribution in [3.8, 4) is 11.1 Å². The van der Waals surface area contributed by atoms with Gasteiger partial charge in [0.25, 0.3) is 0 Å². The molecule has 2 fully saturated rings. The topological polar surface area (TPSA) is 46.5 Å². The molecule has 2 aliphatic rings. The van der Waals surface area contributed by atoms with Gasteiger partial charge in [-0.2, -0.15) is 0 Å². The quantitative estimate of drug-likeness (QED) is 0.143. The third kappa shape index (κ3) is 9.05. The Kier molecular flexibility index (Phi) is 12.5. The van der Waals surface area contributed by atoms with Crippen LogP contribution in [0.2, 0.25) is 0 Å². The first-order valence-electron chi connectivity index (χ1n) is 16.7. The summed E-state index contributed by atoms with van der Waals surface area (Å²) in [6.45, 7) is 8.07. The van der Waals surface area contributed by atoms with Crippen LogP contribution in [0, 0.1) is 17.8 Å². The largest absolute Gasteiger partial charge is 0.462 e. The molecule has 2 saturated carbocycles. The minimum Gasteiger partial charge on any atom is -0.462 e. The molecule has 2 aliphatic carbocycles. The van der Waals surface area contributed by atoms with E-state index >= 15 is 0 Å². The maximum absolute atomic E-state index is 11.6. The van der Waals surface area contributed by atoms with Gasteiger partial charge in [0.2, 0.25) is 0 Å². The van der Waals surface area contributed by atoms with E-state index in [1.807, 2.05) is 0 Å². The molecule has 0 amide bonds. The average molecular weight is 559 g/mol. The summed E-state index contributed by atoms with van der Waals surface area (Å²) in [6.07, 6.45) is 19.9. The Bertz CT molecular complexity index is 1090. The molecule has 3 nitrogen and oxygen atoms in total. The van der Waals surface area contributed by atoms with Crippen molar-refractivity contribution in [2.75, 3.05) is 13.2 Å². The Balaban J connectivity index is 1.25. The van der Waals surface area contributed by atoms with E-state index in [-0.39, 0.29) is 12.2 Å². The van der Waals surface area contributed by atoms with E-state index in [2.05, 4.69) is 62.9 Å². The molecule has 0 aliphatic heterocycles. The number of esters is 1. The van der Waals surface area contributed by atoms with Gasteiger partial charge in [0.1, 0.15) is 0 Å². The summed E-state index contributed by atoms with van der Waals surface area (Å²) in [5.74, 6) is 3.20. The number of aliphatic hydroxyl groups excluding tert-OH is 1. The summed E-state index contributed by atoms with van der Waals surface area (Å²) in [5.41, 5.74) is 6.97. The lowest BCUT2D eigenvalue weighted by Crippen LogP contribution is -2.25. The summed E-state index contributed by atoms with van der Waals surface area (Å²) >= 11 is 0. The van der Waals surface area contributed by atoms with Gasteiger partial charge in [-0.25, -0.2) is 4.79 Å². The molecule has 0 heterocycles. The lowest BCUT2D eigenvalue weighted by atomic mass is 9.68. The Labute approximate surface area is 249 Å². The predicted octanol–water partition coefficient (Wildman–Crippen LogP) is 9.60. The fraction of sp³-hybridized carbons (Fsp3) is 0.605. The van der Waals surface area contributed by atoms with E-state index in [1.165, 1.54) is 99.3 Å². The maximum Gasteiger partial charge on any atom is 0.335 e. The van der Waals surface area contributed by atoms with Crippen LogP contribution in [0.25, 0.3) is 11.1 Å². The first-order valence-corrected chi connectivity index (χ1v) is 16.7. The van der Waals surface area contributed by atoms with Crippen LogP contribution < -0.4 is 0 Å². The molecular formula is C38H54O3.